The predicted octanol–water partition coefficient (Wildman–Crippen LogP) is 1.55. The van der Waals surface area contributed by atoms with Crippen molar-refractivity contribution < 1.29 is 0 Å². The first-order valence-electron chi connectivity index (χ1n) is 4.31. The molecule has 2 rings (SSSR count). The van der Waals surface area contributed by atoms with E-state index >= 15 is 0 Å². The third kappa shape index (κ3) is 1.76. The Morgan fingerprint density at radius 1 is 1.69 bits per heavy atom. The van der Waals surface area contributed by atoms with Gasteiger partial charge in [0.1, 0.15) is 0 Å². The summed E-state index contributed by atoms with van der Waals surface area (Å²) < 4.78 is 0. The standard InChI is InChI=1S/C9H12ClN3/c1-5-9(10)7(2-3-12-5)13-8-4-6(8)11/h2-3,6,8H,4,11H2,1H3,(H,12,13). The van der Waals surface area contributed by atoms with Gasteiger partial charge in [0.15, 0.2) is 0 Å². The summed E-state index contributed by atoms with van der Waals surface area (Å²) in [5, 5.41) is 3.97. The van der Waals surface area contributed by atoms with Gasteiger partial charge in [0.25, 0.3) is 0 Å². The molecular weight excluding hydrogens is 186 g/mol. The summed E-state index contributed by atoms with van der Waals surface area (Å²) in [5.74, 6) is 0. The normalized spacial score (nSPS) is 25.8. The second-order valence-corrected chi connectivity index (χ2v) is 3.79. The van der Waals surface area contributed by atoms with E-state index < -0.39 is 0 Å². The van der Waals surface area contributed by atoms with Crippen LogP contribution in [0.1, 0.15) is 12.1 Å². The van der Waals surface area contributed by atoms with Crippen molar-refractivity contribution in [2.75, 3.05) is 5.32 Å². The van der Waals surface area contributed by atoms with Crippen LogP contribution in [0.5, 0.6) is 0 Å². The summed E-state index contributed by atoms with van der Waals surface area (Å²) in [6, 6.07) is 2.55. The van der Waals surface area contributed by atoms with Gasteiger partial charge in [-0.25, -0.2) is 0 Å². The number of aryl methyl sites for hydroxylation is 1. The lowest BCUT2D eigenvalue weighted by atomic mass is 10.3. The molecule has 0 bridgehead atoms. The van der Waals surface area contributed by atoms with E-state index in [9.17, 15) is 0 Å². The molecule has 70 valence electrons. The van der Waals surface area contributed by atoms with Crippen molar-refractivity contribution in [3.05, 3.63) is 23.0 Å². The molecule has 4 heteroatoms. The highest BCUT2D eigenvalue weighted by Crippen LogP contribution is 2.29. The molecule has 1 aliphatic carbocycles. The van der Waals surface area contributed by atoms with Crippen molar-refractivity contribution in [2.45, 2.75) is 25.4 Å². The maximum absolute atomic E-state index is 6.05. The molecule has 0 radical (unpaired) electrons. The minimum absolute atomic E-state index is 0.282. The molecular formula is C9H12ClN3. The van der Waals surface area contributed by atoms with Gasteiger partial charge in [-0.05, 0) is 19.4 Å². The fourth-order valence-electron chi connectivity index (χ4n) is 1.24. The van der Waals surface area contributed by atoms with Crippen LogP contribution in [0.4, 0.5) is 5.69 Å². The lowest BCUT2D eigenvalue weighted by Crippen LogP contribution is -2.13. The van der Waals surface area contributed by atoms with E-state index in [4.69, 9.17) is 17.3 Å². The molecule has 0 aromatic carbocycles. The molecule has 2 unspecified atom stereocenters. The average Bonchev–Trinajstić information content (AvgIpc) is 2.77. The van der Waals surface area contributed by atoms with Crippen LogP contribution < -0.4 is 11.1 Å². The monoisotopic (exact) mass is 197 g/mol. The number of nitrogens with one attached hydrogen (secondary N) is 1. The van der Waals surface area contributed by atoms with Crippen LogP contribution in [0.15, 0.2) is 12.3 Å². The van der Waals surface area contributed by atoms with Gasteiger partial charge in [-0.1, -0.05) is 11.6 Å². The number of pyridine rings is 1. The van der Waals surface area contributed by atoms with Gasteiger partial charge in [-0.15, -0.1) is 0 Å². The van der Waals surface area contributed by atoms with E-state index in [2.05, 4.69) is 10.3 Å². The molecule has 1 aliphatic rings. The SMILES string of the molecule is Cc1nccc(NC2CC2N)c1Cl. The Hall–Kier alpha value is -0.800. The van der Waals surface area contributed by atoms with Crippen LogP contribution in [0.25, 0.3) is 0 Å². The predicted molar refractivity (Wildman–Crippen MR) is 54.0 cm³/mol. The van der Waals surface area contributed by atoms with Gasteiger partial charge >= 0.3 is 0 Å². The molecule has 3 N–H and O–H groups in total. The van der Waals surface area contributed by atoms with Crippen LogP contribution in [-0.4, -0.2) is 17.1 Å². The number of halogens is 1. The summed E-state index contributed by atoms with van der Waals surface area (Å²) in [6.07, 6.45) is 2.77. The number of anilines is 1. The molecule has 1 fully saturated rings. The molecule has 1 aromatic rings. The Kier molecular flexibility index (Phi) is 2.14. The first-order valence-corrected chi connectivity index (χ1v) is 4.69. The smallest absolute Gasteiger partial charge is 0.0849 e. The topological polar surface area (TPSA) is 50.9 Å². The first-order chi connectivity index (χ1) is 6.18. The van der Waals surface area contributed by atoms with Crippen LogP contribution in [0, 0.1) is 6.92 Å². The van der Waals surface area contributed by atoms with E-state index in [-0.39, 0.29) is 6.04 Å². The van der Waals surface area contributed by atoms with Crippen molar-refractivity contribution in [1.29, 1.82) is 0 Å². The van der Waals surface area contributed by atoms with Crippen LogP contribution in [0.3, 0.4) is 0 Å². The number of aromatic nitrogens is 1. The number of hydrogen-bond acceptors (Lipinski definition) is 3. The maximum atomic E-state index is 6.05. The highest BCUT2D eigenvalue weighted by atomic mass is 35.5. The zero-order valence-corrected chi connectivity index (χ0v) is 8.17. The quantitative estimate of drug-likeness (QED) is 0.757. The molecule has 0 saturated heterocycles. The largest absolute Gasteiger partial charge is 0.379 e. The average molecular weight is 198 g/mol. The van der Waals surface area contributed by atoms with Crippen molar-refractivity contribution >= 4 is 17.3 Å². The molecule has 13 heavy (non-hydrogen) atoms. The van der Waals surface area contributed by atoms with Gasteiger partial charge in [-0.3, -0.25) is 4.98 Å². The molecule has 1 saturated carbocycles. The molecule has 0 aliphatic heterocycles. The van der Waals surface area contributed by atoms with E-state index in [0.29, 0.717) is 11.1 Å². The summed E-state index contributed by atoms with van der Waals surface area (Å²) >= 11 is 6.05. The molecule has 2 atom stereocenters. The van der Waals surface area contributed by atoms with E-state index in [1.54, 1.807) is 6.20 Å². The maximum Gasteiger partial charge on any atom is 0.0849 e. The molecule has 1 heterocycles. The first kappa shape index (κ1) is 8.78. The Labute approximate surface area is 82.3 Å². The molecule has 1 aromatic heterocycles. The zero-order chi connectivity index (χ0) is 9.42. The molecule has 3 nitrogen and oxygen atoms in total. The summed E-state index contributed by atoms with van der Waals surface area (Å²) in [5.41, 5.74) is 7.47. The number of rotatable bonds is 2. The minimum atomic E-state index is 0.282. The third-order valence-corrected chi connectivity index (χ3v) is 2.72. The fraction of sp³-hybridized carbons (Fsp3) is 0.444. The zero-order valence-electron chi connectivity index (χ0n) is 7.42. The Bertz CT molecular complexity index is 327. The Morgan fingerprint density at radius 2 is 2.38 bits per heavy atom. The second-order valence-electron chi connectivity index (χ2n) is 3.41. The second kappa shape index (κ2) is 3.16. The lowest BCUT2D eigenvalue weighted by molar-refractivity contribution is 1.00. The van der Waals surface area contributed by atoms with Crippen LogP contribution >= 0.6 is 11.6 Å². The number of hydrogen-bond donors (Lipinski definition) is 2. The molecule has 0 spiro atoms. The van der Waals surface area contributed by atoms with Gasteiger partial charge in [0.2, 0.25) is 0 Å². The van der Waals surface area contributed by atoms with Crippen molar-refractivity contribution in [2.24, 2.45) is 5.73 Å². The van der Waals surface area contributed by atoms with Gasteiger partial charge < -0.3 is 11.1 Å². The lowest BCUT2D eigenvalue weighted by Gasteiger charge is -2.07. The van der Waals surface area contributed by atoms with E-state index in [0.717, 1.165) is 17.8 Å². The van der Waals surface area contributed by atoms with Gasteiger partial charge in [0.05, 0.1) is 16.4 Å². The highest BCUT2D eigenvalue weighted by Gasteiger charge is 2.33. The number of nitrogens with two attached hydrogens (primary N) is 1. The van der Waals surface area contributed by atoms with E-state index in [1.807, 2.05) is 13.0 Å². The van der Waals surface area contributed by atoms with Crippen molar-refractivity contribution in [3.63, 3.8) is 0 Å². The fourth-order valence-corrected chi connectivity index (χ4v) is 1.41. The minimum Gasteiger partial charge on any atom is -0.379 e. The highest BCUT2D eigenvalue weighted by molar-refractivity contribution is 6.33. The van der Waals surface area contributed by atoms with Crippen LogP contribution in [-0.2, 0) is 0 Å². The van der Waals surface area contributed by atoms with Gasteiger partial charge in [-0.2, -0.15) is 0 Å². The van der Waals surface area contributed by atoms with E-state index in [1.165, 1.54) is 0 Å². The summed E-state index contributed by atoms with van der Waals surface area (Å²) in [7, 11) is 0. The Balaban J connectivity index is 2.15. The van der Waals surface area contributed by atoms with Gasteiger partial charge in [0, 0.05) is 18.3 Å². The number of nitrogens with zero attached hydrogens (tertiary/aromatic N) is 1. The molecule has 0 amide bonds. The van der Waals surface area contributed by atoms with Crippen molar-refractivity contribution in [1.82, 2.24) is 4.98 Å². The van der Waals surface area contributed by atoms with Crippen LogP contribution in [0.2, 0.25) is 5.02 Å². The Morgan fingerprint density at radius 3 is 3.00 bits per heavy atom. The third-order valence-electron chi connectivity index (χ3n) is 2.24. The summed E-state index contributed by atoms with van der Waals surface area (Å²) in [4.78, 5) is 4.08. The summed E-state index contributed by atoms with van der Waals surface area (Å²) in [6.45, 7) is 1.89. The van der Waals surface area contributed by atoms with Crippen molar-refractivity contribution in [3.8, 4) is 0 Å².